The maximum absolute atomic E-state index is 12.7. The lowest BCUT2D eigenvalue weighted by Gasteiger charge is -2.13. The minimum atomic E-state index is -3.06. The monoisotopic (exact) mass is 389 g/mol. The molecule has 1 aliphatic heterocycles. The number of carbonyl (C=O) groups excluding carboxylic acids is 1. The van der Waals surface area contributed by atoms with Crippen LogP contribution in [0.1, 0.15) is 12.0 Å². The molecule has 0 saturated carbocycles. The van der Waals surface area contributed by atoms with E-state index in [1.165, 1.54) is 25.3 Å². The third-order valence-electron chi connectivity index (χ3n) is 3.15. The number of ether oxygens (including phenoxy) is 2. The third-order valence-corrected chi connectivity index (χ3v) is 4.52. The van der Waals surface area contributed by atoms with Gasteiger partial charge in [0.2, 0.25) is 0 Å². The SMILES string of the molecule is COc1cccc(/C=C2\SC(=S)N(CCC(=O)O)C2=O)c1OC(F)F. The molecule has 2 rings (SSSR count). The van der Waals surface area contributed by atoms with Crippen molar-refractivity contribution in [2.24, 2.45) is 0 Å². The molecule has 0 atom stereocenters. The van der Waals surface area contributed by atoms with Gasteiger partial charge in [-0.05, 0) is 12.1 Å². The summed E-state index contributed by atoms with van der Waals surface area (Å²) in [6.45, 7) is -3.12. The molecule has 0 unspecified atom stereocenters. The average molecular weight is 389 g/mol. The van der Waals surface area contributed by atoms with Crippen molar-refractivity contribution in [2.45, 2.75) is 13.0 Å². The van der Waals surface area contributed by atoms with E-state index in [1.54, 1.807) is 6.07 Å². The first-order chi connectivity index (χ1) is 11.8. The number of carbonyl (C=O) groups is 2. The molecular weight excluding hydrogens is 376 g/mol. The van der Waals surface area contributed by atoms with Crippen molar-refractivity contribution >= 4 is 46.3 Å². The van der Waals surface area contributed by atoms with Crippen molar-refractivity contribution in [1.82, 2.24) is 4.90 Å². The molecule has 1 saturated heterocycles. The lowest BCUT2D eigenvalue weighted by atomic mass is 10.1. The summed E-state index contributed by atoms with van der Waals surface area (Å²) in [6, 6.07) is 4.51. The highest BCUT2D eigenvalue weighted by Gasteiger charge is 2.32. The number of alkyl halides is 2. The van der Waals surface area contributed by atoms with Crippen LogP contribution in [0, 0.1) is 0 Å². The number of hydrogen-bond acceptors (Lipinski definition) is 6. The maximum Gasteiger partial charge on any atom is 0.387 e. The summed E-state index contributed by atoms with van der Waals surface area (Å²) in [5.74, 6) is -1.65. The fourth-order valence-electron chi connectivity index (χ4n) is 2.06. The number of thioether (sulfide) groups is 1. The predicted octanol–water partition coefficient (Wildman–Crippen LogP) is 2.97. The molecule has 25 heavy (non-hydrogen) atoms. The molecule has 134 valence electrons. The Morgan fingerprint density at radius 2 is 2.20 bits per heavy atom. The standard InChI is InChI=1S/C15H13F2NO5S2/c1-22-9-4-2-3-8(12(9)23-14(16)17)7-10-13(21)18(15(24)25-10)6-5-11(19)20/h2-4,7,14H,5-6H2,1H3,(H,19,20)/b10-7-. The molecule has 1 fully saturated rings. The van der Waals surface area contributed by atoms with E-state index in [-0.39, 0.29) is 39.3 Å². The number of thiocarbonyl (C=S) groups is 1. The maximum atomic E-state index is 12.7. The first-order valence-corrected chi connectivity index (χ1v) is 8.15. The van der Waals surface area contributed by atoms with Crippen molar-refractivity contribution in [3.8, 4) is 11.5 Å². The molecule has 10 heteroatoms. The van der Waals surface area contributed by atoms with Crippen molar-refractivity contribution < 1.29 is 33.0 Å². The van der Waals surface area contributed by atoms with Crippen LogP contribution in [0.3, 0.4) is 0 Å². The Labute approximate surface area is 151 Å². The van der Waals surface area contributed by atoms with Gasteiger partial charge in [0.15, 0.2) is 11.5 Å². The minimum absolute atomic E-state index is 0.0597. The normalized spacial score (nSPS) is 16.0. The molecule has 1 aliphatic rings. The number of amides is 1. The number of benzene rings is 1. The van der Waals surface area contributed by atoms with E-state index >= 15 is 0 Å². The molecular formula is C15H13F2NO5S2. The highest BCUT2D eigenvalue weighted by Crippen LogP contribution is 2.38. The molecule has 1 amide bonds. The van der Waals surface area contributed by atoms with Gasteiger partial charge in [-0.1, -0.05) is 36.1 Å². The number of nitrogens with zero attached hydrogens (tertiary/aromatic N) is 1. The number of carboxylic acid groups (broad SMARTS) is 1. The number of rotatable bonds is 7. The van der Waals surface area contributed by atoms with E-state index in [1.807, 2.05) is 0 Å². The van der Waals surface area contributed by atoms with Crippen molar-refractivity contribution in [2.75, 3.05) is 13.7 Å². The van der Waals surface area contributed by atoms with E-state index in [9.17, 15) is 18.4 Å². The summed E-state index contributed by atoms with van der Waals surface area (Å²) < 4.78 is 35.0. The van der Waals surface area contributed by atoms with Crippen LogP contribution in [-0.2, 0) is 9.59 Å². The fourth-order valence-corrected chi connectivity index (χ4v) is 3.36. The molecule has 0 aliphatic carbocycles. The van der Waals surface area contributed by atoms with Gasteiger partial charge in [-0.25, -0.2) is 0 Å². The van der Waals surface area contributed by atoms with Crippen LogP contribution in [0.25, 0.3) is 6.08 Å². The number of aliphatic carboxylic acids is 1. The van der Waals surface area contributed by atoms with Gasteiger partial charge in [0, 0.05) is 12.1 Å². The molecule has 0 aromatic heterocycles. The highest BCUT2D eigenvalue weighted by atomic mass is 32.2. The summed E-state index contributed by atoms with van der Waals surface area (Å²) >= 11 is 6.03. The molecule has 1 aromatic carbocycles. The van der Waals surface area contributed by atoms with Gasteiger partial charge >= 0.3 is 12.6 Å². The van der Waals surface area contributed by atoms with Crippen LogP contribution in [-0.4, -0.2) is 46.5 Å². The van der Waals surface area contributed by atoms with Crippen LogP contribution in [0.4, 0.5) is 8.78 Å². The van der Waals surface area contributed by atoms with E-state index in [2.05, 4.69) is 4.74 Å². The first-order valence-electron chi connectivity index (χ1n) is 6.92. The van der Waals surface area contributed by atoms with Gasteiger partial charge in [0.25, 0.3) is 5.91 Å². The molecule has 6 nitrogen and oxygen atoms in total. The van der Waals surface area contributed by atoms with Crippen molar-refractivity contribution in [3.05, 3.63) is 28.7 Å². The van der Waals surface area contributed by atoms with Gasteiger partial charge in [0.1, 0.15) is 4.32 Å². The zero-order valence-electron chi connectivity index (χ0n) is 12.9. The zero-order chi connectivity index (χ0) is 18.6. The first kappa shape index (κ1) is 19.1. The summed E-state index contributed by atoms with van der Waals surface area (Å²) in [4.78, 5) is 24.4. The summed E-state index contributed by atoms with van der Waals surface area (Å²) in [5, 5.41) is 8.72. The van der Waals surface area contributed by atoms with Crippen molar-refractivity contribution in [1.29, 1.82) is 0 Å². The predicted molar refractivity (Wildman–Crippen MR) is 91.8 cm³/mol. The van der Waals surface area contributed by atoms with Gasteiger partial charge < -0.3 is 14.6 Å². The number of carboxylic acids is 1. The third kappa shape index (κ3) is 4.67. The van der Waals surface area contributed by atoms with E-state index in [0.29, 0.717) is 0 Å². The average Bonchev–Trinajstić information content (AvgIpc) is 2.80. The summed E-state index contributed by atoms with van der Waals surface area (Å²) in [7, 11) is 1.31. The van der Waals surface area contributed by atoms with Crippen molar-refractivity contribution in [3.63, 3.8) is 0 Å². The second kappa shape index (κ2) is 8.26. The molecule has 1 aromatic rings. The van der Waals surface area contributed by atoms with Gasteiger partial charge in [-0.15, -0.1) is 0 Å². The van der Waals surface area contributed by atoms with E-state index in [4.69, 9.17) is 22.1 Å². The summed E-state index contributed by atoms with van der Waals surface area (Å²) in [6.07, 6.45) is 1.11. The lowest BCUT2D eigenvalue weighted by Crippen LogP contribution is -2.30. The largest absolute Gasteiger partial charge is 0.493 e. The molecule has 1 heterocycles. The van der Waals surface area contributed by atoms with E-state index in [0.717, 1.165) is 16.7 Å². The summed E-state index contributed by atoms with van der Waals surface area (Å²) in [5.41, 5.74) is 0.221. The minimum Gasteiger partial charge on any atom is -0.493 e. The van der Waals surface area contributed by atoms with E-state index < -0.39 is 18.5 Å². The Bertz CT molecular complexity index is 739. The second-order valence-corrected chi connectivity index (χ2v) is 6.41. The van der Waals surface area contributed by atoms with Crippen LogP contribution in [0.2, 0.25) is 0 Å². The Kier molecular flexibility index (Phi) is 6.32. The number of methoxy groups -OCH3 is 1. The highest BCUT2D eigenvalue weighted by molar-refractivity contribution is 8.26. The Morgan fingerprint density at radius 3 is 2.80 bits per heavy atom. The second-order valence-electron chi connectivity index (χ2n) is 4.73. The van der Waals surface area contributed by atoms with Crippen LogP contribution < -0.4 is 9.47 Å². The smallest absolute Gasteiger partial charge is 0.387 e. The Balaban J connectivity index is 2.33. The number of para-hydroxylation sites is 1. The quantitative estimate of drug-likeness (QED) is 0.568. The molecule has 0 radical (unpaired) electrons. The van der Waals surface area contributed by atoms with Gasteiger partial charge in [-0.3, -0.25) is 14.5 Å². The molecule has 0 spiro atoms. The molecule has 1 N–H and O–H groups in total. The van der Waals surface area contributed by atoms with Gasteiger partial charge in [0.05, 0.1) is 18.4 Å². The number of halogens is 2. The molecule has 0 bridgehead atoms. The lowest BCUT2D eigenvalue weighted by molar-refractivity contribution is -0.137. The zero-order valence-corrected chi connectivity index (χ0v) is 14.5. The van der Waals surface area contributed by atoms with Crippen LogP contribution >= 0.6 is 24.0 Å². The fraction of sp³-hybridized carbons (Fsp3) is 0.267. The Hall–Kier alpha value is -2.20. The van der Waals surface area contributed by atoms with Crippen LogP contribution in [0.5, 0.6) is 11.5 Å². The Morgan fingerprint density at radius 1 is 1.48 bits per heavy atom. The van der Waals surface area contributed by atoms with Gasteiger partial charge in [-0.2, -0.15) is 8.78 Å². The topological polar surface area (TPSA) is 76.1 Å². The number of hydrogen-bond donors (Lipinski definition) is 1. The van der Waals surface area contributed by atoms with Crippen LogP contribution in [0.15, 0.2) is 23.1 Å².